The molecule has 17 heavy (non-hydrogen) atoms. The van der Waals surface area contributed by atoms with Gasteiger partial charge in [-0.3, -0.25) is 0 Å². The lowest BCUT2D eigenvalue weighted by Crippen LogP contribution is -2.29. The molecule has 1 atom stereocenters. The number of carbonyl (C=O) groups is 1. The smallest absolute Gasteiger partial charge is 0.407 e. The summed E-state index contributed by atoms with van der Waals surface area (Å²) in [4.78, 5) is 10.8. The molecule has 1 saturated heterocycles. The zero-order chi connectivity index (χ0) is 12.1. The van der Waals surface area contributed by atoms with Crippen molar-refractivity contribution in [3.05, 3.63) is 29.8 Å². The summed E-state index contributed by atoms with van der Waals surface area (Å²) in [6, 6.07) is 7.86. The first kappa shape index (κ1) is 11.7. The monoisotopic (exact) mass is 236 g/mol. The minimum Gasteiger partial charge on any atom is -0.497 e. The number of hydrogen-bond acceptors (Lipinski definition) is 4. The fraction of sp³-hybridized carbons (Fsp3) is 0.417. The van der Waals surface area contributed by atoms with Gasteiger partial charge >= 0.3 is 6.09 Å². The van der Waals surface area contributed by atoms with Crippen molar-refractivity contribution in [1.82, 2.24) is 10.6 Å². The predicted octanol–water partition coefficient (Wildman–Crippen LogP) is 0.893. The fourth-order valence-electron chi connectivity index (χ4n) is 1.67. The summed E-state index contributed by atoms with van der Waals surface area (Å²) in [5.41, 5.74) is 1.17. The molecule has 2 N–H and O–H groups in total. The molecule has 1 aromatic rings. The molecule has 5 heteroatoms. The average Bonchev–Trinajstić information content (AvgIpc) is 2.76. The number of nitrogens with one attached hydrogen (secondary N) is 2. The number of methoxy groups -OCH3 is 1. The molecule has 0 bridgehead atoms. The average molecular weight is 236 g/mol. The lowest BCUT2D eigenvalue weighted by Gasteiger charge is -2.09. The van der Waals surface area contributed by atoms with Gasteiger partial charge in [0.1, 0.15) is 11.9 Å². The molecule has 1 unspecified atom stereocenters. The first-order chi connectivity index (χ1) is 8.28. The molecular formula is C12H16N2O3. The van der Waals surface area contributed by atoms with Crippen LogP contribution >= 0.6 is 0 Å². The Morgan fingerprint density at radius 1 is 1.47 bits per heavy atom. The Hall–Kier alpha value is -1.75. The summed E-state index contributed by atoms with van der Waals surface area (Å²) >= 11 is 0. The van der Waals surface area contributed by atoms with E-state index in [4.69, 9.17) is 9.47 Å². The molecule has 2 rings (SSSR count). The van der Waals surface area contributed by atoms with Crippen LogP contribution in [0.1, 0.15) is 5.56 Å². The van der Waals surface area contributed by atoms with E-state index in [1.54, 1.807) is 7.11 Å². The van der Waals surface area contributed by atoms with Crippen molar-refractivity contribution in [3.63, 3.8) is 0 Å². The van der Waals surface area contributed by atoms with Gasteiger partial charge in [0.05, 0.1) is 13.7 Å². The Kier molecular flexibility index (Phi) is 3.82. The van der Waals surface area contributed by atoms with E-state index in [0.717, 1.165) is 12.3 Å². The van der Waals surface area contributed by atoms with E-state index in [1.807, 2.05) is 24.3 Å². The lowest BCUT2D eigenvalue weighted by molar-refractivity contribution is 0.139. The van der Waals surface area contributed by atoms with E-state index < -0.39 is 0 Å². The normalized spacial score (nSPS) is 18.6. The first-order valence-electron chi connectivity index (χ1n) is 5.56. The highest BCUT2D eigenvalue weighted by Crippen LogP contribution is 2.11. The molecule has 1 heterocycles. The number of rotatable bonds is 5. The highest BCUT2D eigenvalue weighted by atomic mass is 16.6. The topological polar surface area (TPSA) is 59.6 Å². The molecule has 1 fully saturated rings. The molecule has 0 aromatic heterocycles. The van der Waals surface area contributed by atoms with Gasteiger partial charge in [-0.2, -0.15) is 0 Å². The summed E-state index contributed by atoms with van der Waals surface area (Å²) in [7, 11) is 1.65. The lowest BCUT2D eigenvalue weighted by atomic mass is 10.2. The van der Waals surface area contributed by atoms with Crippen LogP contribution in [0.4, 0.5) is 4.79 Å². The molecule has 0 radical (unpaired) electrons. The maximum Gasteiger partial charge on any atom is 0.407 e. The van der Waals surface area contributed by atoms with Crippen molar-refractivity contribution in [3.8, 4) is 5.75 Å². The van der Waals surface area contributed by atoms with Gasteiger partial charge in [-0.05, 0) is 17.7 Å². The number of benzene rings is 1. The number of hydrogen-bond donors (Lipinski definition) is 2. The standard InChI is InChI=1S/C12H16N2O3/c1-16-10-4-2-9(3-5-10)6-13-7-11-8-14-12(15)17-11/h2-5,11,13H,6-8H2,1H3,(H,14,15). The van der Waals surface area contributed by atoms with Crippen molar-refractivity contribution in [2.75, 3.05) is 20.2 Å². The summed E-state index contributed by atoms with van der Waals surface area (Å²) in [6.45, 7) is 1.98. The molecule has 1 aliphatic rings. The van der Waals surface area contributed by atoms with Crippen LogP contribution < -0.4 is 15.4 Å². The van der Waals surface area contributed by atoms with Crippen LogP contribution in [0.2, 0.25) is 0 Å². The summed E-state index contributed by atoms with van der Waals surface area (Å²) in [5, 5.41) is 5.86. The minimum absolute atomic E-state index is 0.0688. The zero-order valence-electron chi connectivity index (χ0n) is 9.73. The van der Waals surface area contributed by atoms with Gasteiger partial charge in [-0.1, -0.05) is 12.1 Å². The predicted molar refractivity (Wildman–Crippen MR) is 63.0 cm³/mol. The van der Waals surface area contributed by atoms with E-state index in [9.17, 15) is 4.79 Å². The van der Waals surface area contributed by atoms with Crippen molar-refractivity contribution in [2.45, 2.75) is 12.6 Å². The first-order valence-corrected chi connectivity index (χ1v) is 5.56. The van der Waals surface area contributed by atoms with Crippen molar-refractivity contribution < 1.29 is 14.3 Å². The molecule has 0 spiro atoms. The Labute approximate surface area is 100 Å². The van der Waals surface area contributed by atoms with E-state index in [2.05, 4.69) is 10.6 Å². The van der Waals surface area contributed by atoms with Crippen LogP contribution in [0.15, 0.2) is 24.3 Å². The van der Waals surface area contributed by atoms with Gasteiger partial charge in [0, 0.05) is 13.1 Å². The molecule has 92 valence electrons. The fourth-order valence-corrected chi connectivity index (χ4v) is 1.67. The van der Waals surface area contributed by atoms with Gasteiger partial charge in [0.2, 0.25) is 0 Å². The second-order valence-corrected chi connectivity index (χ2v) is 3.89. The van der Waals surface area contributed by atoms with E-state index in [1.165, 1.54) is 5.56 Å². The van der Waals surface area contributed by atoms with Crippen LogP contribution in [0.3, 0.4) is 0 Å². The highest BCUT2D eigenvalue weighted by Gasteiger charge is 2.21. The molecule has 0 aliphatic carbocycles. The van der Waals surface area contributed by atoms with E-state index in [-0.39, 0.29) is 12.2 Å². The Bertz CT molecular complexity index is 378. The van der Waals surface area contributed by atoms with Crippen LogP contribution in [0.5, 0.6) is 5.75 Å². The summed E-state index contributed by atoms with van der Waals surface area (Å²) < 4.78 is 10.1. The Morgan fingerprint density at radius 2 is 2.24 bits per heavy atom. The largest absolute Gasteiger partial charge is 0.497 e. The number of alkyl carbamates (subject to hydrolysis) is 1. The third-order valence-electron chi connectivity index (χ3n) is 2.61. The third-order valence-corrected chi connectivity index (χ3v) is 2.61. The van der Waals surface area contributed by atoms with Crippen molar-refractivity contribution in [2.24, 2.45) is 0 Å². The zero-order valence-corrected chi connectivity index (χ0v) is 9.73. The van der Waals surface area contributed by atoms with Crippen molar-refractivity contribution >= 4 is 6.09 Å². The number of amides is 1. The maximum absolute atomic E-state index is 10.8. The Balaban J connectivity index is 1.72. The van der Waals surface area contributed by atoms with E-state index >= 15 is 0 Å². The number of ether oxygens (including phenoxy) is 2. The van der Waals surface area contributed by atoms with Gasteiger partial charge in [-0.25, -0.2) is 4.79 Å². The number of cyclic esters (lactones) is 1. The number of carbonyl (C=O) groups excluding carboxylic acids is 1. The van der Waals surface area contributed by atoms with Crippen LogP contribution in [0, 0.1) is 0 Å². The van der Waals surface area contributed by atoms with Gasteiger partial charge in [-0.15, -0.1) is 0 Å². The Morgan fingerprint density at radius 3 is 2.82 bits per heavy atom. The summed E-state index contributed by atoms with van der Waals surface area (Å²) in [5.74, 6) is 0.850. The molecule has 1 amide bonds. The third kappa shape index (κ3) is 3.35. The van der Waals surface area contributed by atoms with Crippen LogP contribution in [-0.2, 0) is 11.3 Å². The molecule has 1 aliphatic heterocycles. The van der Waals surface area contributed by atoms with Gasteiger partial charge in [0.25, 0.3) is 0 Å². The van der Waals surface area contributed by atoms with Gasteiger partial charge in [0.15, 0.2) is 0 Å². The molecule has 0 saturated carbocycles. The quantitative estimate of drug-likeness (QED) is 0.797. The van der Waals surface area contributed by atoms with Gasteiger partial charge < -0.3 is 20.1 Å². The molecular weight excluding hydrogens is 220 g/mol. The van der Waals surface area contributed by atoms with E-state index in [0.29, 0.717) is 13.1 Å². The minimum atomic E-state index is -0.332. The van der Waals surface area contributed by atoms with Crippen LogP contribution in [0.25, 0.3) is 0 Å². The summed E-state index contributed by atoms with van der Waals surface area (Å²) in [6.07, 6.45) is -0.401. The second-order valence-electron chi connectivity index (χ2n) is 3.89. The molecule has 5 nitrogen and oxygen atoms in total. The SMILES string of the molecule is COc1ccc(CNCC2CNC(=O)O2)cc1. The van der Waals surface area contributed by atoms with Crippen LogP contribution in [-0.4, -0.2) is 32.4 Å². The molecule has 1 aromatic carbocycles. The van der Waals surface area contributed by atoms with Crippen molar-refractivity contribution in [1.29, 1.82) is 0 Å². The maximum atomic E-state index is 10.8. The second kappa shape index (κ2) is 5.54. The highest BCUT2D eigenvalue weighted by molar-refractivity contribution is 5.69.